The zero-order valence-corrected chi connectivity index (χ0v) is 17.1. The molecule has 0 radical (unpaired) electrons. The largest absolute Gasteiger partial charge is 0.494 e. The number of nitrogens with zero attached hydrogens (tertiary/aromatic N) is 2. The standard InChI is InChI=1S/C24H19FN2O2S/c1-2-29-20-13-11-19(12-14-20)27(24-26-21-8-3-4-9-22(21)30-24)23(28)15-10-17-6-5-7-18(25)16-17/h3-16H,2H2,1H3/b15-10+. The molecular weight excluding hydrogens is 399 g/mol. The second-order valence-corrected chi connectivity index (χ2v) is 7.46. The number of hydrogen-bond donors (Lipinski definition) is 0. The number of carbonyl (C=O) groups excluding carboxylic acids is 1. The van der Waals surface area contributed by atoms with Crippen LogP contribution in [0.2, 0.25) is 0 Å². The maximum absolute atomic E-state index is 13.4. The van der Waals surface area contributed by atoms with Gasteiger partial charge in [0.15, 0.2) is 5.13 Å². The van der Waals surface area contributed by atoms with Crippen molar-refractivity contribution in [1.29, 1.82) is 0 Å². The average molecular weight is 418 g/mol. The normalized spacial score (nSPS) is 11.1. The number of hydrogen-bond acceptors (Lipinski definition) is 4. The Labute approximate surface area is 177 Å². The molecule has 1 heterocycles. The van der Waals surface area contributed by atoms with Crippen LogP contribution in [-0.2, 0) is 4.79 Å². The molecule has 4 rings (SSSR count). The minimum absolute atomic E-state index is 0.275. The summed E-state index contributed by atoms with van der Waals surface area (Å²) in [6, 6.07) is 21.1. The lowest BCUT2D eigenvalue weighted by atomic mass is 10.2. The van der Waals surface area contributed by atoms with Crippen molar-refractivity contribution < 1.29 is 13.9 Å². The summed E-state index contributed by atoms with van der Waals surface area (Å²) in [7, 11) is 0. The highest BCUT2D eigenvalue weighted by Crippen LogP contribution is 2.34. The molecule has 0 bridgehead atoms. The van der Waals surface area contributed by atoms with Crippen molar-refractivity contribution in [2.24, 2.45) is 0 Å². The molecule has 0 aliphatic carbocycles. The van der Waals surface area contributed by atoms with Crippen LogP contribution in [0.1, 0.15) is 12.5 Å². The molecule has 0 saturated heterocycles. The van der Waals surface area contributed by atoms with Crippen LogP contribution in [-0.4, -0.2) is 17.5 Å². The molecule has 0 aliphatic heterocycles. The van der Waals surface area contributed by atoms with E-state index in [4.69, 9.17) is 4.74 Å². The van der Waals surface area contributed by atoms with E-state index in [1.807, 2.05) is 55.5 Å². The Morgan fingerprint density at radius 3 is 2.63 bits per heavy atom. The molecule has 0 fully saturated rings. The lowest BCUT2D eigenvalue weighted by molar-refractivity contribution is -0.113. The number of benzene rings is 3. The van der Waals surface area contributed by atoms with Gasteiger partial charge in [-0.05, 0) is 67.1 Å². The summed E-state index contributed by atoms with van der Waals surface area (Å²) < 4.78 is 19.9. The fraction of sp³-hybridized carbons (Fsp3) is 0.0833. The molecule has 6 heteroatoms. The minimum atomic E-state index is -0.348. The van der Waals surface area contributed by atoms with Crippen molar-refractivity contribution in [3.8, 4) is 5.75 Å². The zero-order chi connectivity index (χ0) is 20.9. The molecule has 0 unspecified atom stereocenters. The van der Waals surface area contributed by atoms with Crippen LogP contribution < -0.4 is 9.64 Å². The van der Waals surface area contributed by atoms with E-state index in [9.17, 15) is 9.18 Å². The highest BCUT2D eigenvalue weighted by Gasteiger charge is 2.20. The Bertz CT molecular complexity index is 1170. The van der Waals surface area contributed by atoms with E-state index in [1.165, 1.54) is 29.5 Å². The Kier molecular flexibility index (Phi) is 5.86. The number of aromatic nitrogens is 1. The Morgan fingerprint density at radius 1 is 1.10 bits per heavy atom. The fourth-order valence-corrected chi connectivity index (χ4v) is 3.99. The second kappa shape index (κ2) is 8.88. The summed E-state index contributed by atoms with van der Waals surface area (Å²) in [5, 5.41) is 0.564. The number of anilines is 2. The van der Waals surface area contributed by atoms with Crippen LogP contribution in [0, 0.1) is 5.82 Å². The minimum Gasteiger partial charge on any atom is -0.494 e. The van der Waals surface area contributed by atoms with Gasteiger partial charge in [0.25, 0.3) is 5.91 Å². The van der Waals surface area contributed by atoms with Crippen LogP contribution in [0.15, 0.2) is 78.9 Å². The third kappa shape index (κ3) is 4.39. The summed E-state index contributed by atoms with van der Waals surface area (Å²) in [6.45, 7) is 2.48. The number of amides is 1. The maximum atomic E-state index is 13.4. The predicted molar refractivity (Wildman–Crippen MR) is 120 cm³/mol. The topological polar surface area (TPSA) is 42.4 Å². The number of para-hydroxylation sites is 1. The lowest BCUT2D eigenvalue weighted by Gasteiger charge is -2.18. The summed E-state index contributed by atoms with van der Waals surface area (Å²) in [6.07, 6.45) is 3.03. The number of fused-ring (bicyclic) bond motifs is 1. The molecule has 1 amide bonds. The molecule has 150 valence electrons. The van der Waals surface area contributed by atoms with Crippen LogP contribution >= 0.6 is 11.3 Å². The molecular formula is C24H19FN2O2S. The zero-order valence-electron chi connectivity index (χ0n) is 16.3. The summed E-state index contributed by atoms with van der Waals surface area (Å²) in [4.78, 5) is 19.4. The highest BCUT2D eigenvalue weighted by atomic mass is 32.1. The number of ether oxygens (including phenoxy) is 1. The molecule has 3 aromatic carbocycles. The first kappa shape index (κ1) is 19.8. The van der Waals surface area contributed by atoms with E-state index in [2.05, 4.69) is 4.98 Å². The van der Waals surface area contributed by atoms with E-state index >= 15 is 0 Å². The molecule has 0 atom stereocenters. The molecule has 0 saturated carbocycles. The molecule has 4 aromatic rings. The van der Waals surface area contributed by atoms with Crippen molar-refractivity contribution in [2.75, 3.05) is 11.5 Å². The molecule has 0 aliphatic rings. The number of carbonyl (C=O) groups is 1. The fourth-order valence-electron chi connectivity index (χ4n) is 3.00. The smallest absolute Gasteiger partial charge is 0.257 e. The lowest BCUT2D eigenvalue weighted by Crippen LogP contribution is -2.23. The van der Waals surface area contributed by atoms with Gasteiger partial charge in [0.05, 0.1) is 22.5 Å². The third-order valence-electron chi connectivity index (χ3n) is 4.37. The molecule has 30 heavy (non-hydrogen) atoms. The second-order valence-electron chi connectivity index (χ2n) is 6.45. The van der Waals surface area contributed by atoms with Crippen LogP contribution in [0.4, 0.5) is 15.2 Å². The monoisotopic (exact) mass is 418 g/mol. The van der Waals surface area contributed by atoms with E-state index in [0.29, 0.717) is 23.0 Å². The number of rotatable bonds is 6. The van der Waals surface area contributed by atoms with Crippen molar-refractivity contribution in [1.82, 2.24) is 4.98 Å². The van der Waals surface area contributed by atoms with Gasteiger partial charge >= 0.3 is 0 Å². The van der Waals surface area contributed by atoms with Crippen molar-refractivity contribution >= 4 is 44.4 Å². The number of halogens is 1. The van der Waals surface area contributed by atoms with Crippen LogP contribution in [0.3, 0.4) is 0 Å². The summed E-state index contributed by atoms with van der Waals surface area (Å²) in [5.74, 6) is 0.106. The Balaban J connectivity index is 1.71. The van der Waals surface area contributed by atoms with Crippen molar-refractivity contribution in [3.05, 3.63) is 90.3 Å². The summed E-state index contributed by atoms with van der Waals surface area (Å²) >= 11 is 1.44. The molecule has 0 spiro atoms. The summed E-state index contributed by atoms with van der Waals surface area (Å²) in [5.41, 5.74) is 2.11. The molecule has 4 nitrogen and oxygen atoms in total. The van der Waals surface area contributed by atoms with Crippen LogP contribution in [0.5, 0.6) is 5.75 Å². The number of thiazole rings is 1. The predicted octanol–water partition coefficient (Wildman–Crippen LogP) is 6.21. The van der Waals surface area contributed by atoms with Gasteiger partial charge in [0.1, 0.15) is 11.6 Å². The first-order valence-corrected chi connectivity index (χ1v) is 10.3. The third-order valence-corrected chi connectivity index (χ3v) is 5.39. The Hall–Kier alpha value is -3.51. The maximum Gasteiger partial charge on any atom is 0.257 e. The highest BCUT2D eigenvalue weighted by molar-refractivity contribution is 7.22. The van der Waals surface area contributed by atoms with Gasteiger partial charge in [0, 0.05) is 6.08 Å². The van der Waals surface area contributed by atoms with E-state index in [0.717, 1.165) is 16.0 Å². The van der Waals surface area contributed by atoms with Crippen molar-refractivity contribution in [2.45, 2.75) is 6.92 Å². The first-order valence-electron chi connectivity index (χ1n) is 9.50. The van der Waals surface area contributed by atoms with Gasteiger partial charge < -0.3 is 4.74 Å². The first-order chi connectivity index (χ1) is 14.6. The van der Waals surface area contributed by atoms with Gasteiger partial charge in [0.2, 0.25) is 0 Å². The van der Waals surface area contributed by atoms with Gasteiger partial charge in [-0.25, -0.2) is 9.37 Å². The van der Waals surface area contributed by atoms with Gasteiger partial charge in [-0.3, -0.25) is 9.69 Å². The van der Waals surface area contributed by atoms with Gasteiger partial charge in [-0.2, -0.15) is 0 Å². The van der Waals surface area contributed by atoms with Gasteiger partial charge in [-0.1, -0.05) is 35.6 Å². The van der Waals surface area contributed by atoms with E-state index in [-0.39, 0.29) is 11.7 Å². The van der Waals surface area contributed by atoms with E-state index < -0.39 is 0 Å². The van der Waals surface area contributed by atoms with Gasteiger partial charge in [-0.15, -0.1) is 0 Å². The van der Waals surface area contributed by atoms with Crippen LogP contribution in [0.25, 0.3) is 16.3 Å². The quantitative estimate of drug-likeness (QED) is 0.350. The molecule has 1 aromatic heterocycles. The average Bonchev–Trinajstić information content (AvgIpc) is 3.17. The van der Waals surface area contributed by atoms with Crippen molar-refractivity contribution in [3.63, 3.8) is 0 Å². The Morgan fingerprint density at radius 2 is 1.90 bits per heavy atom. The molecule has 0 N–H and O–H groups in total. The van der Waals surface area contributed by atoms with E-state index in [1.54, 1.807) is 23.1 Å². The SMILES string of the molecule is CCOc1ccc(N(C(=O)/C=C/c2cccc(F)c2)c2nc3ccccc3s2)cc1.